The van der Waals surface area contributed by atoms with Crippen LogP contribution in [-0.4, -0.2) is 52.1 Å². The Labute approximate surface area is 173 Å². The van der Waals surface area contributed by atoms with E-state index in [2.05, 4.69) is 43.7 Å². The fourth-order valence-corrected chi connectivity index (χ4v) is 3.72. The van der Waals surface area contributed by atoms with Crippen LogP contribution in [0.15, 0.2) is 29.4 Å². The Hall–Kier alpha value is -1.38. The molecule has 3 rings (SSSR count). The van der Waals surface area contributed by atoms with Crippen LogP contribution in [0.3, 0.4) is 0 Å². The van der Waals surface area contributed by atoms with Crippen molar-refractivity contribution >= 4 is 35.6 Å². The molecule has 0 saturated carbocycles. The number of hydrogen-bond donors (Lipinski definition) is 1. The van der Waals surface area contributed by atoms with Crippen molar-refractivity contribution in [3.8, 4) is 0 Å². The first-order valence-electron chi connectivity index (χ1n) is 9.41. The van der Waals surface area contributed by atoms with Crippen LogP contribution >= 0.6 is 24.0 Å². The second kappa shape index (κ2) is 10.1. The molecule has 1 N–H and O–H groups in total. The Morgan fingerprint density at radius 3 is 2.96 bits per heavy atom. The lowest BCUT2D eigenvalue weighted by Gasteiger charge is -2.22. The number of aromatic nitrogens is 3. The average Bonchev–Trinajstić information content (AvgIpc) is 3.22. The normalized spacial score (nSPS) is 17.8. The molecule has 7 heteroatoms. The summed E-state index contributed by atoms with van der Waals surface area (Å²) in [6.07, 6.45) is 6.54. The Morgan fingerprint density at radius 1 is 1.35 bits per heavy atom. The summed E-state index contributed by atoms with van der Waals surface area (Å²) in [5, 5.41) is 12.0. The first kappa shape index (κ1) is 20.9. The summed E-state index contributed by atoms with van der Waals surface area (Å²) >= 11 is 0. The van der Waals surface area contributed by atoms with Gasteiger partial charge < -0.3 is 10.2 Å². The van der Waals surface area contributed by atoms with E-state index in [9.17, 15) is 0 Å². The third kappa shape index (κ3) is 5.31. The van der Waals surface area contributed by atoms with Crippen LogP contribution < -0.4 is 5.32 Å². The van der Waals surface area contributed by atoms with Gasteiger partial charge in [-0.15, -0.1) is 34.2 Å². The van der Waals surface area contributed by atoms with E-state index in [1.165, 1.54) is 12.8 Å². The molecule has 3 heterocycles. The van der Waals surface area contributed by atoms with Crippen molar-refractivity contribution in [3.05, 3.63) is 30.2 Å². The highest BCUT2D eigenvalue weighted by Crippen LogP contribution is 2.23. The number of likely N-dealkylation sites (tertiary alicyclic amines) is 1. The van der Waals surface area contributed by atoms with E-state index in [-0.39, 0.29) is 24.0 Å². The van der Waals surface area contributed by atoms with Gasteiger partial charge in [0, 0.05) is 39.3 Å². The molecule has 0 aromatic carbocycles. The zero-order valence-electron chi connectivity index (χ0n) is 16.1. The molecule has 1 atom stereocenters. The number of nitrogens with one attached hydrogen (secondary N) is 1. The number of pyridine rings is 1. The number of halogens is 1. The monoisotopic (exact) mass is 470 g/mol. The van der Waals surface area contributed by atoms with Gasteiger partial charge in [0.05, 0.1) is 0 Å². The minimum Gasteiger partial charge on any atom is -0.356 e. The van der Waals surface area contributed by atoms with E-state index in [0.29, 0.717) is 0 Å². The topological polar surface area (TPSA) is 57.8 Å². The van der Waals surface area contributed by atoms with Crippen molar-refractivity contribution in [2.75, 3.05) is 26.7 Å². The lowest BCUT2D eigenvalue weighted by Crippen LogP contribution is -2.40. The number of fused-ring (bicyclic) bond motifs is 1. The van der Waals surface area contributed by atoms with Crippen LogP contribution in [0.2, 0.25) is 0 Å². The summed E-state index contributed by atoms with van der Waals surface area (Å²) in [5.41, 5.74) is 0.912. The van der Waals surface area contributed by atoms with Crippen molar-refractivity contribution in [2.24, 2.45) is 16.8 Å². The molecule has 0 amide bonds. The molecule has 1 fully saturated rings. The zero-order chi connectivity index (χ0) is 17.6. The van der Waals surface area contributed by atoms with Gasteiger partial charge in [-0.3, -0.25) is 9.39 Å². The van der Waals surface area contributed by atoms with Crippen molar-refractivity contribution in [2.45, 2.75) is 39.5 Å². The molecule has 0 aliphatic carbocycles. The quantitative estimate of drug-likeness (QED) is 0.305. The first-order chi connectivity index (χ1) is 12.2. The Bertz CT molecular complexity index is 711. The predicted molar refractivity (Wildman–Crippen MR) is 117 cm³/mol. The van der Waals surface area contributed by atoms with E-state index < -0.39 is 0 Å². The number of nitrogens with zero attached hydrogens (tertiary/aromatic N) is 5. The molecule has 26 heavy (non-hydrogen) atoms. The van der Waals surface area contributed by atoms with Gasteiger partial charge in [0.1, 0.15) is 5.82 Å². The molecule has 2 aromatic rings. The molecule has 6 nitrogen and oxygen atoms in total. The van der Waals surface area contributed by atoms with Gasteiger partial charge in [0.25, 0.3) is 0 Å². The van der Waals surface area contributed by atoms with Gasteiger partial charge in [-0.05, 0) is 43.2 Å². The van der Waals surface area contributed by atoms with Crippen LogP contribution in [0.25, 0.3) is 5.65 Å². The van der Waals surface area contributed by atoms with Crippen molar-refractivity contribution in [1.29, 1.82) is 0 Å². The van der Waals surface area contributed by atoms with Gasteiger partial charge in [-0.1, -0.05) is 19.9 Å². The first-order valence-corrected chi connectivity index (χ1v) is 9.41. The third-order valence-electron chi connectivity index (χ3n) is 4.85. The van der Waals surface area contributed by atoms with Crippen molar-refractivity contribution in [1.82, 2.24) is 24.8 Å². The zero-order valence-corrected chi connectivity index (χ0v) is 18.4. The minimum absolute atomic E-state index is 0. The molecule has 2 aromatic heterocycles. The van der Waals surface area contributed by atoms with Gasteiger partial charge in [-0.25, -0.2) is 0 Å². The van der Waals surface area contributed by atoms with Gasteiger partial charge in [0.15, 0.2) is 11.6 Å². The average molecular weight is 470 g/mol. The second-order valence-electron chi connectivity index (χ2n) is 7.35. The van der Waals surface area contributed by atoms with E-state index in [1.54, 1.807) is 0 Å². The molecule has 0 radical (unpaired) electrons. The minimum atomic E-state index is 0. The fraction of sp³-hybridized carbons (Fsp3) is 0.632. The summed E-state index contributed by atoms with van der Waals surface area (Å²) in [7, 11) is 1.88. The molecule has 144 valence electrons. The summed E-state index contributed by atoms with van der Waals surface area (Å²) in [6, 6.07) is 5.99. The Kier molecular flexibility index (Phi) is 8.12. The maximum Gasteiger partial charge on any atom is 0.193 e. The van der Waals surface area contributed by atoms with Crippen molar-refractivity contribution in [3.63, 3.8) is 0 Å². The molecule has 1 aliphatic heterocycles. The molecular weight excluding hydrogens is 439 g/mol. The third-order valence-corrected chi connectivity index (χ3v) is 4.85. The van der Waals surface area contributed by atoms with Crippen molar-refractivity contribution < 1.29 is 0 Å². The SMILES string of the molecule is CN=C(NCCCc1nnc2ccccn12)N1CCC(CC(C)C)C1.I. The molecule has 0 bridgehead atoms. The van der Waals surface area contributed by atoms with E-state index in [4.69, 9.17) is 0 Å². The van der Waals surface area contributed by atoms with Gasteiger partial charge in [-0.2, -0.15) is 0 Å². The van der Waals surface area contributed by atoms with Crippen LogP contribution in [0.1, 0.15) is 38.9 Å². The number of hydrogen-bond acceptors (Lipinski definition) is 3. The van der Waals surface area contributed by atoms with E-state index >= 15 is 0 Å². The van der Waals surface area contributed by atoms with Crippen LogP contribution in [0, 0.1) is 11.8 Å². The number of guanidine groups is 1. The number of aryl methyl sites for hydroxylation is 1. The lowest BCUT2D eigenvalue weighted by atomic mass is 9.97. The highest BCUT2D eigenvalue weighted by atomic mass is 127. The fourth-order valence-electron chi connectivity index (χ4n) is 3.72. The Morgan fingerprint density at radius 2 is 2.19 bits per heavy atom. The van der Waals surface area contributed by atoms with Crippen LogP contribution in [-0.2, 0) is 6.42 Å². The van der Waals surface area contributed by atoms with E-state index in [0.717, 1.165) is 61.7 Å². The predicted octanol–water partition coefficient (Wildman–Crippen LogP) is 3.22. The van der Waals surface area contributed by atoms with Gasteiger partial charge in [0.2, 0.25) is 0 Å². The second-order valence-corrected chi connectivity index (χ2v) is 7.35. The molecule has 1 unspecified atom stereocenters. The molecule has 1 aliphatic rings. The maximum atomic E-state index is 4.47. The molecule has 0 spiro atoms. The summed E-state index contributed by atoms with van der Waals surface area (Å²) in [6.45, 7) is 7.77. The number of rotatable bonds is 6. The highest BCUT2D eigenvalue weighted by molar-refractivity contribution is 14.0. The highest BCUT2D eigenvalue weighted by Gasteiger charge is 2.25. The standard InChI is InChI=1S/C19H30N6.HI/c1-15(2)13-16-9-12-24(14-16)19(20-3)21-10-6-8-18-23-22-17-7-4-5-11-25(17)18;/h4-5,7,11,15-16H,6,8-10,12-14H2,1-3H3,(H,20,21);1H. The maximum absolute atomic E-state index is 4.47. The Balaban J connectivity index is 0.00000243. The largest absolute Gasteiger partial charge is 0.356 e. The smallest absolute Gasteiger partial charge is 0.193 e. The number of aliphatic imine (C=N–C) groups is 1. The van der Waals surface area contributed by atoms with Gasteiger partial charge >= 0.3 is 0 Å². The summed E-state index contributed by atoms with van der Waals surface area (Å²) < 4.78 is 2.06. The van der Waals surface area contributed by atoms with E-state index in [1.807, 2.05) is 31.4 Å². The van der Waals surface area contributed by atoms with Crippen LogP contribution in [0.4, 0.5) is 0 Å². The van der Waals surface area contributed by atoms with Crippen LogP contribution in [0.5, 0.6) is 0 Å². The molecule has 1 saturated heterocycles. The summed E-state index contributed by atoms with van der Waals surface area (Å²) in [4.78, 5) is 6.87. The molecular formula is C19H31IN6. The lowest BCUT2D eigenvalue weighted by molar-refractivity contribution is 0.403. The summed E-state index contributed by atoms with van der Waals surface area (Å²) in [5.74, 6) is 3.64.